The van der Waals surface area contributed by atoms with Gasteiger partial charge in [0.1, 0.15) is 6.04 Å². The van der Waals surface area contributed by atoms with Crippen LogP contribution in [0.2, 0.25) is 0 Å². The van der Waals surface area contributed by atoms with E-state index in [1.807, 2.05) is 0 Å². The maximum absolute atomic E-state index is 12.9. The van der Waals surface area contributed by atoms with Gasteiger partial charge in [0, 0.05) is 31.1 Å². The Kier molecular flexibility index (Phi) is 11.5. The molecule has 12 nitrogen and oxygen atoms in total. The summed E-state index contributed by atoms with van der Waals surface area (Å²) in [6.07, 6.45) is 8.41. The van der Waals surface area contributed by atoms with E-state index in [4.69, 9.17) is 17.2 Å². The Hall–Kier alpha value is -3.06. The first-order valence-electron chi connectivity index (χ1n) is 13.3. The first kappa shape index (κ1) is 29.5. The molecule has 1 aromatic rings. The molecule has 0 unspecified atom stereocenters. The first-order chi connectivity index (χ1) is 18.3. The van der Waals surface area contributed by atoms with E-state index in [0.29, 0.717) is 55.6 Å². The van der Waals surface area contributed by atoms with Crippen molar-refractivity contribution in [3.63, 3.8) is 0 Å². The molecular formula is C25H40N8O4S. The lowest BCUT2D eigenvalue weighted by Gasteiger charge is -2.27. The number of thiazole rings is 1. The number of aromatic nitrogens is 1. The number of aliphatic imine (C=N–C) groups is 1. The van der Waals surface area contributed by atoms with Crippen LogP contribution in [0, 0.1) is 11.8 Å². The molecule has 1 aliphatic carbocycles. The second kappa shape index (κ2) is 14.8. The number of hydrogen-bond donors (Lipinski definition) is 5. The van der Waals surface area contributed by atoms with E-state index in [0.717, 1.165) is 38.6 Å². The lowest BCUT2D eigenvalue weighted by molar-refractivity contribution is -0.135. The lowest BCUT2D eigenvalue weighted by atomic mass is 9.80. The van der Waals surface area contributed by atoms with Crippen molar-refractivity contribution >= 4 is 40.8 Å². The Labute approximate surface area is 227 Å². The lowest BCUT2D eigenvalue weighted by Crippen LogP contribution is -2.48. The fourth-order valence-corrected chi connectivity index (χ4v) is 5.70. The summed E-state index contributed by atoms with van der Waals surface area (Å²) < 4.78 is 0. The molecule has 2 heterocycles. The minimum absolute atomic E-state index is 0.0411. The Bertz CT molecular complexity index is 974. The molecule has 38 heavy (non-hydrogen) atoms. The number of nitrogens with one attached hydrogen (secondary N) is 2. The third-order valence-corrected chi connectivity index (χ3v) is 8.07. The normalized spacial score (nSPS) is 22.1. The number of rotatable bonds is 14. The van der Waals surface area contributed by atoms with Crippen molar-refractivity contribution in [2.24, 2.45) is 34.0 Å². The monoisotopic (exact) mass is 548 g/mol. The van der Waals surface area contributed by atoms with Crippen molar-refractivity contribution in [3.05, 3.63) is 16.6 Å². The van der Waals surface area contributed by atoms with Crippen molar-refractivity contribution in [2.45, 2.75) is 69.9 Å². The molecule has 0 spiro atoms. The van der Waals surface area contributed by atoms with Crippen LogP contribution in [0.4, 0.5) is 0 Å². The molecule has 2 fully saturated rings. The van der Waals surface area contributed by atoms with Gasteiger partial charge in [-0.3, -0.25) is 24.2 Å². The highest BCUT2D eigenvalue weighted by molar-refractivity contribution is 7.11. The largest absolute Gasteiger partial charge is 0.370 e. The average Bonchev–Trinajstić information content (AvgIpc) is 3.55. The van der Waals surface area contributed by atoms with Gasteiger partial charge in [-0.2, -0.15) is 0 Å². The Balaban J connectivity index is 1.44. The van der Waals surface area contributed by atoms with Gasteiger partial charge in [0.05, 0.1) is 12.6 Å². The molecule has 0 bridgehead atoms. The number of carbonyl (C=O) groups is 4. The minimum Gasteiger partial charge on any atom is -0.370 e. The smallest absolute Gasteiger partial charge is 0.245 e. The number of nitrogens with two attached hydrogens (primary N) is 3. The van der Waals surface area contributed by atoms with Crippen molar-refractivity contribution in [1.29, 1.82) is 0 Å². The van der Waals surface area contributed by atoms with Crippen LogP contribution < -0.4 is 27.8 Å². The zero-order chi connectivity index (χ0) is 27.5. The van der Waals surface area contributed by atoms with Crippen LogP contribution in [-0.4, -0.2) is 77.6 Å². The van der Waals surface area contributed by atoms with E-state index in [2.05, 4.69) is 20.6 Å². The van der Waals surface area contributed by atoms with Gasteiger partial charge in [-0.05, 0) is 56.9 Å². The predicted molar refractivity (Wildman–Crippen MR) is 145 cm³/mol. The maximum Gasteiger partial charge on any atom is 0.245 e. The number of nitrogens with zero attached hydrogens (tertiary/aromatic N) is 3. The molecular weight excluding hydrogens is 508 g/mol. The van der Waals surface area contributed by atoms with Crippen LogP contribution >= 0.6 is 11.3 Å². The average molecular weight is 549 g/mol. The number of guanidine groups is 1. The SMILES string of the molecule is NCC1CCC(CCC(=O)N[C@H]2CCN(CC(=O)N[C@@H](CCCN=C(N)N)C(=O)c3nccs3)C2=O)CC1. The maximum atomic E-state index is 12.9. The highest BCUT2D eigenvalue weighted by atomic mass is 32.1. The molecule has 2 aliphatic rings. The molecule has 1 aromatic heterocycles. The molecule has 0 radical (unpaired) electrons. The minimum atomic E-state index is -0.809. The van der Waals surface area contributed by atoms with E-state index >= 15 is 0 Å². The summed E-state index contributed by atoms with van der Waals surface area (Å²) in [4.78, 5) is 60.4. The molecule has 1 aliphatic heterocycles. The van der Waals surface area contributed by atoms with E-state index in [9.17, 15) is 19.2 Å². The Morgan fingerprint density at radius 2 is 1.87 bits per heavy atom. The van der Waals surface area contributed by atoms with Gasteiger partial charge >= 0.3 is 0 Å². The van der Waals surface area contributed by atoms with Crippen molar-refractivity contribution in [3.8, 4) is 0 Å². The summed E-state index contributed by atoms with van der Waals surface area (Å²) in [7, 11) is 0. The van der Waals surface area contributed by atoms with Gasteiger partial charge in [-0.1, -0.05) is 12.8 Å². The molecule has 13 heteroatoms. The molecule has 1 saturated carbocycles. The van der Waals surface area contributed by atoms with Gasteiger partial charge in [0.2, 0.25) is 23.5 Å². The summed E-state index contributed by atoms with van der Waals surface area (Å²) in [6.45, 7) is 1.22. The molecule has 1 saturated heterocycles. The van der Waals surface area contributed by atoms with Crippen molar-refractivity contribution < 1.29 is 19.2 Å². The second-order valence-electron chi connectivity index (χ2n) is 10.1. The molecule has 8 N–H and O–H groups in total. The Morgan fingerprint density at radius 3 is 2.53 bits per heavy atom. The highest BCUT2D eigenvalue weighted by Crippen LogP contribution is 2.31. The van der Waals surface area contributed by atoms with Crippen LogP contribution in [-0.2, 0) is 14.4 Å². The molecule has 3 amide bonds. The van der Waals surface area contributed by atoms with Crippen LogP contribution in [0.3, 0.4) is 0 Å². The van der Waals surface area contributed by atoms with Gasteiger partial charge in [0.25, 0.3) is 0 Å². The summed E-state index contributed by atoms with van der Waals surface area (Å²) in [5.74, 6) is -0.0754. The predicted octanol–water partition coefficient (Wildman–Crippen LogP) is 0.127. The summed E-state index contributed by atoms with van der Waals surface area (Å²) in [5.41, 5.74) is 16.4. The van der Waals surface area contributed by atoms with Gasteiger partial charge < -0.3 is 32.7 Å². The van der Waals surface area contributed by atoms with Gasteiger partial charge in [-0.25, -0.2) is 4.98 Å². The fraction of sp³-hybridized carbons (Fsp3) is 0.680. The highest BCUT2D eigenvalue weighted by Gasteiger charge is 2.34. The number of Topliss-reactive ketones (excluding diaryl/α,β-unsaturated/α-hetero) is 1. The number of hydrogen-bond acceptors (Lipinski definition) is 8. The second-order valence-corrected chi connectivity index (χ2v) is 11.0. The van der Waals surface area contributed by atoms with Crippen LogP contribution in [0.15, 0.2) is 16.6 Å². The fourth-order valence-electron chi connectivity index (χ4n) is 5.07. The van der Waals surface area contributed by atoms with E-state index in [1.54, 1.807) is 5.38 Å². The molecule has 3 rings (SSSR count). The molecule has 0 aromatic carbocycles. The van der Waals surface area contributed by atoms with E-state index in [1.165, 1.54) is 22.4 Å². The van der Waals surface area contributed by atoms with Crippen LogP contribution in [0.25, 0.3) is 0 Å². The van der Waals surface area contributed by atoms with Gasteiger partial charge in [-0.15, -0.1) is 11.3 Å². The van der Waals surface area contributed by atoms with Crippen molar-refractivity contribution in [2.75, 3.05) is 26.2 Å². The standard InChI is InChI=1S/C25H40N8O4S/c26-14-17-5-3-16(4-6-17)7-8-20(34)32-19-9-12-33(24(19)37)15-21(35)31-18(2-1-10-30-25(27)28)22(36)23-29-11-13-38-23/h11,13,16-19H,1-10,12,14-15,26H2,(H,31,35)(H,32,34)(H4,27,28,30)/t16?,17?,18-,19-/m0/s1. The molecule has 210 valence electrons. The summed E-state index contributed by atoms with van der Waals surface area (Å²) >= 11 is 1.19. The Morgan fingerprint density at radius 1 is 1.13 bits per heavy atom. The zero-order valence-corrected chi connectivity index (χ0v) is 22.6. The number of likely N-dealkylation sites (tertiary alicyclic amines) is 1. The number of amides is 3. The van der Waals surface area contributed by atoms with E-state index in [-0.39, 0.29) is 30.1 Å². The topological polar surface area (TPSA) is 199 Å². The summed E-state index contributed by atoms with van der Waals surface area (Å²) in [5, 5.41) is 7.56. The van der Waals surface area contributed by atoms with Crippen LogP contribution in [0.1, 0.15) is 67.6 Å². The number of ketones is 1. The van der Waals surface area contributed by atoms with Crippen LogP contribution in [0.5, 0.6) is 0 Å². The van der Waals surface area contributed by atoms with Gasteiger partial charge in [0.15, 0.2) is 11.0 Å². The third-order valence-electron chi connectivity index (χ3n) is 7.29. The van der Waals surface area contributed by atoms with Crippen molar-refractivity contribution in [1.82, 2.24) is 20.5 Å². The first-order valence-corrected chi connectivity index (χ1v) is 14.2. The zero-order valence-electron chi connectivity index (χ0n) is 21.8. The summed E-state index contributed by atoms with van der Waals surface area (Å²) in [6, 6.07) is -1.44. The quantitative estimate of drug-likeness (QED) is 0.0934. The van der Waals surface area contributed by atoms with E-state index < -0.39 is 18.0 Å². The number of carbonyl (C=O) groups excluding carboxylic acids is 4. The third kappa shape index (κ3) is 9.05. The molecule has 2 atom stereocenters.